The van der Waals surface area contributed by atoms with E-state index >= 15 is 0 Å². The maximum absolute atomic E-state index is 11.7. The highest BCUT2D eigenvalue weighted by atomic mass is 16.4. The van der Waals surface area contributed by atoms with E-state index < -0.39 is 17.9 Å². The molecule has 1 heterocycles. The summed E-state index contributed by atoms with van der Waals surface area (Å²) in [6.07, 6.45) is 0. The molecule has 6 nitrogen and oxygen atoms in total. The lowest BCUT2D eigenvalue weighted by atomic mass is 9.96. The van der Waals surface area contributed by atoms with Crippen molar-refractivity contribution in [3.05, 3.63) is 23.7 Å². The molecule has 3 N–H and O–H groups in total. The van der Waals surface area contributed by atoms with Crippen LogP contribution in [0.4, 0.5) is 4.79 Å². The molecule has 2 amide bonds. The van der Waals surface area contributed by atoms with Crippen LogP contribution in [0.1, 0.15) is 38.3 Å². The number of urea groups is 1. The molecule has 6 heteroatoms. The fourth-order valence-electron chi connectivity index (χ4n) is 1.82. The summed E-state index contributed by atoms with van der Waals surface area (Å²) >= 11 is 0. The number of nitrogens with one attached hydrogen (secondary N) is 2. The molecule has 0 aliphatic carbocycles. The zero-order valence-electron chi connectivity index (χ0n) is 12.3. The van der Waals surface area contributed by atoms with E-state index in [1.165, 1.54) is 0 Å². The minimum absolute atomic E-state index is 0.0436. The zero-order valence-corrected chi connectivity index (χ0v) is 12.3. The normalized spacial score (nSPS) is 13.8. The third kappa shape index (κ3) is 4.60. The molecule has 0 aliphatic heterocycles. The van der Waals surface area contributed by atoms with Crippen LogP contribution in [-0.2, 0) is 4.79 Å². The summed E-state index contributed by atoms with van der Waals surface area (Å²) in [5.74, 6) is -0.106. The van der Waals surface area contributed by atoms with Crippen molar-refractivity contribution in [3.8, 4) is 0 Å². The number of rotatable bonds is 6. The van der Waals surface area contributed by atoms with Crippen molar-refractivity contribution >= 4 is 12.0 Å². The Balaban J connectivity index is 2.45. The molecule has 0 aromatic carbocycles. The van der Waals surface area contributed by atoms with Crippen LogP contribution in [0.5, 0.6) is 0 Å². The molecule has 112 valence electrons. The molecule has 0 saturated heterocycles. The smallest absolute Gasteiger partial charge is 0.315 e. The van der Waals surface area contributed by atoms with E-state index in [1.807, 2.05) is 26.8 Å². The number of carboxylic acids is 1. The van der Waals surface area contributed by atoms with Gasteiger partial charge in [-0.3, -0.25) is 4.79 Å². The first-order valence-corrected chi connectivity index (χ1v) is 6.64. The van der Waals surface area contributed by atoms with E-state index in [9.17, 15) is 9.59 Å². The second-order valence-corrected chi connectivity index (χ2v) is 5.21. The fraction of sp³-hybridized carbons (Fsp3) is 0.571. The van der Waals surface area contributed by atoms with Gasteiger partial charge >= 0.3 is 12.0 Å². The second kappa shape index (κ2) is 6.98. The average molecular weight is 282 g/mol. The number of aliphatic carboxylic acids is 1. The molecule has 1 rings (SSSR count). The first-order chi connectivity index (χ1) is 9.31. The molecule has 2 unspecified atom stereocenters. The largest absolute Gasteiger partial charge is 0.481 e. The van der Waals surface area contributed by atoms with Gasteiger partial charge in [0, 0.05) is 6.54 Å². The summed E-state index contributed by atoms with van der Waals surface area (Å²) in [6, 6.07) is 2.95. The van der Waals surface area contributed by atoms with E-state index in [4.69, 9.17) is 9.52 Å². The van der Waals surface area contributed by atoms with E-state index in [-0.39, 0.29) is 18.5 Å². The number of carbonyl (C=O) groups excluding carboxylic acids is 1. The van der Waals surface area contributed by atoms with Crippen molar-refractivity contribution in [2.24, 2.45) is 11.8 Å². The van der Waals surface area contributed by atoms with Crippen LogP contribution in [0.3, 0.4) is 0 Å². The summed E-state index contributed by atoms with van der Waals surface area (Å²) in [5.41, 5.74) is 0. The molecule has 0 saturated carbocycles. The number of carbonyl (C=O) groups is 2. The standard InChI is InChI=1S/C14H22N2O4/c1-8(2)11(13(17)18)7-15-14(19)16-10(4)12-6-5-9(3)20-12/h5-6,8,10-11H,7H2,1-4H3,(H,17,18)(H2,15,16,19). The van der Waals surface area contributed by atoms with Crippen LogP contribution in [0.2, 0.25) is 0 Å². The second-order valence-electron chi connectivity index (χ2n) is 5.21. The minimum atomic E-state index is -0.907. The predicted molar refractivity (Wildman–Crippen MR) is 74.4 cm³/mol. The van der Waals surface area contributed by atoms with E-state index in [0.29, 0.717) is 5.76 Å². The Morgan fingerprint density at radius 3 is 2.40 bits per heavy atom. The van der Waals surface area contributed by atoms with Crippen molar-refractivity contribution in [3.63, 3.8) is 0 Å². The summed E-state index contributed by atoms with van der Waals surface area (Å²) in [5, 5.41) is 14.3. The Kier molecular flexibility index (Phi) is 5.61. The summed E-state index contributed by atoms with van der Waals surface area (Å²) < 4.78 is 5.41. The van der Waals surface area contributed by atoms with Gasteiger partial charge in [0.2, 0.25) is 0 Å². The van der Waals surface area contributed by atoms with E-state index in [2.05, 4.69) is 10.6 Å². The Hall–Kier alpha value is -1.98. The first-order valence-electron chi connectivity index (χ1n) is 6.64. The lowest BCUT2D eigenvalue weighted by Crippen LogP contribution is -2.42. The summed E-state index contributed by atoms with van der Waals surface area (Å²) in [4.78, 5) is 22.7. The lowest BCUT2D eigenvalue weighted by Gasteiger charge is -2.18. The molecule has 0 bridgehead atoms. The third-order valence-corrected chi connectivity index (χ3v) is 3.14. The molecule has 0 spiro atoms. The first kappa shape index (κ1) is 16.1. The Bertz CT molecular complexity index is 467. The minimum Gasteiger partial charge on any atom is -0.481 e. The zero-order chi connectivity index (χ0) is 15.3. The SMILES string of the molecule is Cc1ccc(C(C)NC(=O)NCC(C(=O)O)C(C)C)o1. The van der Waals surface area contributed by atoms with Gasteiger partial charge in [0.1, 0.15) is 11.5 Å². The number of carboxylic acid groups (broad SMARTS) is 1. The molecule has 0 radical (unpaired) electrons. The number of furan rings is 1. The molecule has 20 heavy (non-hydrogen) atoms. The van der Waals surface area contributed by atoms with Gasteiger partial charge in [-0.25, -0.2) is 4.79 Å². The molecule has 0 aliphatic rings. The summed E-state index contributed by atoms with van der Waals surface area (Å²) in [7, 11) is 0. The third-order valence-electron chi connectivity index (χ3n) is 3.14. The maximum Gasteiger partial charge on any atom is 0.315 e. The van der Waals surface area contributed by atoms with Gasteiger partial charge in [0.15, 0.2) is 0 Å². The van der Waals surface area contributed by atoms with Crippen molar-refractivity contribution in [2.75, 3.05) is 6.54 Å². The number of hydrogen-bond acceptors (Lipinski definition) is 3. The van der Waals surface area contributed by atoms with Crippen molar-refractivity contribution in [1.82, 2.24) is 10.6 Å². The number of hydrogen-bond donors (Lipinski definition) is 3. The average Bonchev–Trinajstić information content (AvgIpc) is 2.75. The lowest BCUT2D eigenvalue weighted by molar-refractivity contribution is -0.142. The Labute approximate surface area is 118 Å². The van der Waals surface area contributed by atoms with Crippen LogP contribution in [0.15, 0.2) is 16.5 Å². The van der Waals surface area contributed by atoms with Gasteiger partial charge in [-0.1, -0.05) is 13.8 Å². The molecular formula is C14H22N2O4. The van der Waals surface area contributed by atoms with Gasteiger partial charge in [-0.05, 0) is 31.9 Å². The highest BCUT2D eigenvalue weighted by Gasteiger charge is 2.22. The van der Waals surface area contributed by atoms with Crippen LogP contribution in [-0.4, -0.2) is 23.7 Å². The quantitative estimate of drug-likeness (QED) is 0.746. The predicted octanol–water partition coefficient (Wildman–Crippen LogP) is 2.31. The van der Waals surface area contributed by atoms with Crippen LogP contribution in [0.25, 0.3) is 0 Å². The van der Waals surface area contributed by atoms with Gasteiger partial charge in [0.05, 0.1) is 12.0 Å². The van der Waals surface area contributed by atoms with Gasteiger partial charge in [0.25, 0.3) is 0 Å². The molecule has 0 fully saturated rings. The Morgan fingerprint density at radius 1 is 1.30 bits per heavy atom. The van der Waals surface area contributed by atoms with Crippen LogP contribution >= 0.6 is 0 Å². The van der Waals surface area contributed by atoms with Crippen LogP contribution < -0.4 is 10.6 Å². The van der Waals surface area contributed by atoms with E-state index in [0.717, 1.165) is 5.76 Å². The number of aryl methyl sites for hydroxylation is 1. The monoisotopic (exact) mass is 282 g/mol. The summed E-state index contributed by atoms with van der Waals surface area (Å²) in [6.45, 7) is 7.35. The molecular weight excluding hydrogens is 260 g/mol. The highest BCUT2D eigenvalue weighted by molar-refractivity contribution is 5.76. The molecule has 1 aromatic heterocycles. The van der Waals surface area contributed by atoms with Crippen molar-refractivity contribution < 1.29 is 19.1 Å². The molecule has 2 atom stereocenters. The van der Waals surface area contributed by atoms with Gasteiger partial charge < -0.3 is 20.2 Å². The van der Waals surface area contributed by atoms with Crippen LogP contribution in [0, 0.1) is 18.8 Å². The van der Waals surface area contributed by atoms with Gasteiger partial charge in [-0.15, -0.1) is 0 Å². The topological polar surface area (TPSA) is 91.6 Å². The highest BCUT2D eigenvalue weighted by Crippen LogP contribution is 2.15. The van der Waals surface area contributed by atoms with Crippen molar-refractivity contribution in [1.29, 1.82) is 0 Å². The molecule has 1 aromatic rings. The maximum atomic E-state index is 11.7. The van der Waals surface area contributed by atoms with E-state index in [1.54, 1.807) is 13.0 Å². The fourth-order valence-corrected chi connectivity index (χ4v) is 1.82. The van der Waals surface area contributed by atoms with Crippen molar-refractivity contribution in [2.45, 2.75) is 33.7 Å². The Morgan fingerprint density at radius 2 is 1.95 bits per heavy atom. The number of amides is 2. The van der Waals surface area contributed by atoms with Gasteiger partial charge in [-0.2, -0.15) is 0 Å².